The summed E-state index contributed by atoms with van der Waals surface area (Å²) in [5.41, 5.74) is -0.0948. The molecule has 0 fully saturated rings. The smallest absolute Gasteiger partial charge is 0.283 e. The summed E-state index contributed by atoms with van der Waals surface area (Å²) in [5.74, 6) is -0.855. The normalized spacial score (nSPS) is 18.3. The van der Waals surface area contributed by atoms with Crippen molar-refractivity contribution < 1.29 is 14.3 Å². The molecule has 0 radical (unpaired) electrons. The van der Waals surface area contributed by atoms with Gasteiger partial charge in [-0.05, 0) is 42.3 Å². The number of amides is 1. The van der Waals surface area contributed by atoms with Gasteiger partial charge in [0.05, 0.1) is 16.5 Å². The molecular weight excluding hydrogens is 376 g/mol. The Bertz CT molecular complexity index is 1130. The van der Waals surface area contributed by atoms with Gasteiger partial charge in [-0.2, -0.15) is 10.0 Å². The van der Waals surface area contributed by atoms with Gasteiger partial charge in [0, 0.05) is 0 Å². The molecule has 2 aromatic rings. The SMILES string of the molecule is CSC1=NN2C(=N)C(=Cc3coc4ccc(O)cc4c3=O)C(=O)N=C2S1. The summed E-state index contributed by atoms with van der Waals surface area (Å²) in [6, 6.07) is 4.18. The molecule has 4 rings (SSSR count). The molecular formula is C16H10N4O4S2. The van der Waals surface area contributed by atoms with Crippen molar-refractivity contribution in [3.8, 4) is 5.75 Å². The monoisotopic (exact) mass is 386 g/mol. The average Bonchev–Trinajstić information content (AvgIpc) is 3.04. The lowest BCUT2D eigenvalue weighted by Crippen LogP contribution is -2.35. The van der Waals surface area contributed by atoms with E-state index in [0.29, 0.717) is 15.1 Å². The summed E-state index contributed by atoms with van der Waals surface area (Å²) in [5, 5.41) is 23.8. The number of nitrogens with one attached hydrogen (secondary N) is 1. The Hall–Kier alpha value is -2.85. The molecule has 2 aliphatic heterocycles. The van der Waals surface area contributed by atoms with Crippen LogP contribution in [0.5, 0.6) is 5.75 Å². The summed E-state index contributed by atoms with van der Waals surface area (Å²) in [4.78, 5) is 28.9. The second-order valence-corrected chi connectivity index (χ2v) is 7.30. The van der Waals surface area contributed by atoms with Gasteiger partial charge in [0.2, 0.25) is 5.17 Å². The zero-order valence-corrected chi connectivity index (χ0v) is 14.8. The summed E-state index contributed by atoms with van der Waals surface area (Å²) in [6.45, 7) is 0. The van der Waals surface area contributed by atoms with Crippen LogP contribution in [0.25, 0.3) is 17.0 Å². The number of phenolic OH excluding ortho intramolecular Hbond substituents is 1. The van der Waals surface area contributed by atoms with Gasteiger partial charge >= 0.3 is 0 Å². The number of benzene rings is 1. The third-order valence-corrected chi connectivity index (χ3v) is 5.58. The van der Waals surface area contributed by atoms with Crippen molar-refractivity contribution in [2.45, 2.75) is 0 Å². The zero-order chi connectivity index (χ0) is 18.4. The van der Waals surface area contributed by atoms with Crippen LogP contribution in [0.3, 0.4) is 0 Å². The van der Waals surface area contributed by atoms with E-state index in [1.165, 1.54) is 59.1 Å². The van der Waals surface area contributed by atoms with Gasteiger partial charge in [-0.25, -0.2) is 0 Å². The molecule has 10 heteroatoms. The lowest BCUT2D eigenvalue weighted by molar-refractivity contribution is -0.114. The Balaban J connectivity index is 1.82. The van der Waals surface area contributed by atoms with E-state index in [0.717, 1.165) is 0 Å². The van der Waals surface area contributed by atoms with E-state index in [4.69, 9.17) is 9.83 Å². The molecule has 8 nitrogen and oxygen atoms in total. The lowest BCUT2D eigenvalue weighted by Gasteiger charge is -2.19. The molecule has 130 valence electrons. The van der Waals surface area contributed by atoms with Gasteiger partial charge in [0.15, 0.2) is 15.6 Å². The fourth-order valence-corrected chi connectivity index (χ4v) is 3.79. The number of rotatable bonds is 1. The van der Waals surface area contributed by atoms with Crippen molar-refractivity contribution in [3.05, 3.63) is 45.8 Å². The predicted molar refractivity (Wildman–Crippen MR) is 103 cm³/mol. The maximum Gasteiger partial charge on any atom is 0.283 e. The predicted octanol–water partition coefficient (Wildman–Crippen LogP) is 2.44. The zero-order valence-electron chi connectivity index (χ0n) is 13.2. The molecule has 0 saturated carbocycles. The fourth-order valence-electron chi connectivity index (χ4n) is 2.45. The Morgan fingerprint density at radius 1 is 1.38 bits per heavy atom. The number of aromatic hydroxyl groups is 1. The number of nitrogens with zero attached hydrogens (tertiary/aromatic N) is 3. The highest BCUT2D eigenvalue weighted by molar-refractivity contribution is 8.45. The number of fused-ring (bicyclic) bond motifs is 2. The topological polar surface area (TPSA) is 119 Å². The van der Waals surface area contributed by atoms with Crippen molar-refractivity contribution >= 4 is 61.9 Å². The highest BCUT2D eigenvalue weighted by atomic mass is 32.2. The van der Waals surface area contributed by atoms with Crippen LogP contribution in [0.1, 0.15) is 5.56 Å². The molecule has 1 aromatic carbocycles. The van der Waals surface area contributed by atoms with Gasteiger partial charge in [0.25, 0.3) is 5.91 Å². The second-order valence-electron chi connectivity index (χ2n) is 5.29. The van der Waals surface area contributed by atoms with Gasteiger partial charge in [-0.3, -0.25) is 15.0 Å². The highest BCUT2D eigenvalue weighted by Gasteiger charge is 2.35. The van der Waals surface area contributed by atoms with Crippen molar-refractivity contribution in [2.75, 3.05) is 6.26 Å². The summed E-state index contributed by atoms with van der Waals surface area (Å²) < 4.78 is 6.06. The Morgan fingerprint density at radius 3 is 2.96 bits per heavy atom. The van der Waals surface area contributed by atoms with Crippen molar-refractivity contribution in [1.29, 1.82) is 5.41 Å². The standard InChI is InChI=1S/C16H10N4O4S2/c1-25-16-19-20-13(17)10(14(23)18-15(20)26-16)4-7-6-24-11-3-2-8(21)5-9(11)12(7)22/h2-6,17,21H,1H3. The van der Waals surface area contributed by atoms with Crippen LogP contribution < -0.4 is 5.43 Å². The lowest BCUT2D eigenvalue weighted by atomic mass is 10.1. The number of aliphatic imine (C=N–C) groups is 1. The summed E-state index contributed by atoms with van der Waals surface area (Å²) >= 11 is 2.60. The third-order valence-electron chi connectivity index (χ3n) is 3.69. The number of thioether (sulfide) groups is 2. The molecule has 2 aliphatic rings. The fraction of sp³-hybridized carbons (Fsp3) is 0.0625. The largest absolute Gasteiger partial charge is 0.508 e. The molecule has 0 atom stereocenters. The van der Waals surface area contributed by atoms with Crippen LogP contribution in [-0.4, -0.2) is 37.7 Å². The van der Waals surface area contributed by atoms with E-state index in [2.05, 4.69) is 10.1 Å². The number of hydrogen-bond donors (Lipinski definition) is 2. The summed E-state index contributed by atoms with van der Waals surface area (Å²) in [7, 11) is 0. The molecule has 0 spiro atoms. The quantitative estimate of drug-likeness (QED) is 0.722. The minimum absolute atomic E-state index is 0.0627. The number of phenols is 1. The molecule has 0 aliphatic carbocycles. The highest BCUT2D eigenvalue weighted by Crippen LogP contribution is 2.31. The molecule has 1 amide bonds. The average molecular weight is 386 g/mol. The maximum absolute atomic E-state index is 12.6. The van der Waals surface area contributed by atoms with E-state index in [1.807, 2.05) is 6.26 Å². The van der Waals surface area contributed by atoms with E-state index >= 15 is 0 Å². The van der Waals surface area contributed by atoms with Gasteiger partial charge in [-0.1, -0.05) is 0 Å². The summed E-state index contributed by atoms with van der Waals surface area (Å²) in [6.07, 6.45) is 4.31. The van der Waals surface area contributed by atoms with Crippen molar-refractivity contribution in [2.24, 2.45) is 10.1 Å². The number of amidine groups is 2. The maximum atomic E-state index is 12.6. The van der Waals surface area contributed by atoms with Crippen LogP contribution in [0, 0.1) is 5.41 Å². The first-order chi connectivity index (χ1) is 12.5. The molecule has 3 heterocycles. The number of hydrogen-bond acceptors (Lipinski definition) is 8. The van der Waals surface area contributed by atoms with Crippen LogP contribution in [0.15, 0.2) is 49.3 Å². The molecule has 0 unspecified atom stereocenters. The minimum Gasteiger partial charge on any atom is -0.508 e. The first kappa shape index (κ1) is 16.6. The molecule has 1 aromatic heterocycles. The van der Waals surface area contributed by atoms with Crippen LogP contribution in [0.2, 0.25) is 0 Å². The van der Waals surface area contributed by atoms with Gasteiger partial charge in [-0.15, -0.1) is 16.9 Å². The van der Waals surface area contributed by atoms with Crippen molar-refractivity contribution in [3.63, 3.8) is 0 Å². The van der Waals surface area contributed by atoms with Crippen LogP contribution >= 0.6 is 23.5 Å². The first-order valence-corrected chi connectivity index (χ1v) is 9.31. The van der Waals surface area contributed by atoms with Gasteiger partial charge in [0.1, 0.15) is 17.6 Å². The number of hydrazone groups is 1. The van der Waals surface area contributed by atoms with Crippen LogP contribution in [0.4, 0.5) is 0 Å². The van der Waals surface area contributed by atoms with Crippen molar-refractivity contribution in [1.82, 2.24) is 5.01 Å². The Morgan fingerprint density at radius 2 is 2.19 bits per heavy atom. The third kappa shape index (κ3) is 2.63. The molecule has 2 N–H and O–H groups in total. The van der Waals surface area contributed by atoms with Crippen LogP contribution in [-0.2, 0) is 4.79 Å². The van der Waals surface area contributed by atoms with E-state index < -0.39 is 11.3 Å². The number of carbonyl (C=O) groups excluding carboxylic acids is 1. The molecule has 26 heavy (non-hydrogen) atoms. The van der Waals surface area contributed by atoms with E-state index in [1.54, 1.807) is 0 Å². The van der Waals surface area contributed by atoms with Gasteiger partial charge < -0.3 is 9.52 Å². The second kappa shape index (κ2) is 6.15. The van der Waals surface area contributed by atoms with E-state index in [9.17, 15) is 14.7 Å². The Labute approximate surface area is 154 Å². The minimum atomic E-state index is -0.623. The molecule has 0 bridgehead atoms. The Kier molecular flexibility index (Phi) is 3.93. The number of carbonyl (C=O) groups is 1. The van der Waals surface area contributed by atoms with E-state index in [-0.39, 0.29) is 28.1 Å². The molecule has 0 saturated heterocycles. The first-order valence-electron chi connectivity index (χ1n) is 7.26.